The van der Waals surface area contributed by atoms with Gasteiger partial charge in [-0.2, -0.15) is 0 Å². The molecule has 2 aromatic heterocycles. The van der Waals surface area contributed by atoms with Crippen molar-refractivity contribution in [3.63, 3.8) is 0 Å². The molecule has 152 valence electrons. The summed E-state index contributed by atoms with van der Waals surface area (Å²) in [6, 6.07) is 7.82. The minimum Gasteiger partial charge on any atom is -0.378 e. The summed E-state index contributed by atoms with van der Waals surface area (Å²) in [7, 11) is 0. The largest absolute Gasteiger partial charge is 0.378 e. The maximum atomic E-state index is 12.7. The topological polar surface area (TPSA) is 76.5 Å². The molecule has 29 heavy (non-hydrogen) atoms. The summed E-state index contributed by atoms with van der Waals surface area (Å²) in [6.45, 7) is 7.46. The molecule has 1 amide bonds. The number of carbonyl (C=O) groups is 1. The summed E-state index contributed by atoms with van der Waals surface area (Å²) in [5.41, 5.74) is 2.76. The van der Waals surface area contributed by atoms with Crippen molar-refractivity contribution in [3.8, 4) is 0 Å². The molecule has 1 saturated heterocycles. The van der Waals surface area contributed by atoms with Gasteiger partial charge in [0.25, 0.3) is 5.56 Å². The Morgan fingerprint density at radius 1 is 1.21 bits per heavy atom. The second-order valence-electron chi connectivity index (χ2n) is 7.15. The zero-order valence-corrected chi connectivity index (χ0v) is 17.4. The number of fused-ring (bicyclic) bond motifs is 1. The molecule has 0 spiro atoms. The molecule has 8 heteroatoms. The Kier molecular flexibility index (Phi) is 5.64. The standard InChI is InChI=1S/C21H24N4O3S/c1-14-15(2)29-20-19(14)21(27)25(13-22-20)8-7-18(26)23-16-3-5-17(6-4-16)24-9-11-28-12-10-24/h3-6,13H,7-12H2,1-2H3,(H,23,26). The zero-order chi connectivity index (χ0) is 20.4. The number of benzene rings is 1. The number of amides is 1. The van der Waals surface area contributed by atoms with Gasteiger partial charge in [0.2, 0.25) is 5.91 Å². The summed E-state index contributed by atoms with van der Waals surface area (Å²) in [4.78, 5) is 33.5. The summed E-state index contributed by atoms with van der Waals surface area (Å²) in [5, 5.41) is 3.56. The third-order valence-electron chi connectivity index (χ3n) is 5.26. The van der Waals surface area contributed by atoms with E-state index >= 15 is 0 Å². The fraction of sp³-hybridized carbons (Fsp3) is 0.381. The van der Waals surface area contributed by atoms with Gasteiger partial charge < -0.3 is 15.0 Å². The second kappa shape index (κ2) is 8.34. The highest BCUT2D eigenvalue weighted by atomic mass is 32.1. The molecule has 1 aromatic carbocycles. The molecule has 4 rings (SSSR count). The lowest BCUT2D eigenvalue weighted by molar-refractivity contribution is -0.116. The molecule has 3 aromatic rings. The van der Waals surface area contributed by atoms with Crippen LogP contribution in [-0.4, -0.2) is 41.8 Å². The number of carbonyl (C=O) groups excluding carboxylic acids is 1. The van der Waals surface area contributed by atoms with Gasteiger partial charge in [-0.05, 0) is 43.7 Å². The fourth-order valence-electron chi connectivity index (χ4n) is 3.45. The van der Waals surface area contributed by atoms with Crippen LogP contribution in [0.25, 0.3) is 10.2 Å². The first kappa shape index (κ1) is 19.6. The number of nitrogens with zero attached hydrogens (tertiary/aromatic N) is 3. The van der Waals surface area contributed by atoms with Crippen LogP contribution in [0.15, 0.2) is 35.4 Å². The number of morpholine rings is 1. The monoisotopic (exact) mass is 412 g/mol. The summed E-state index contributed by atoms with van der Waals surface area (Å²) in [6.07, 6.45) is 1.74. The third-order valence-corrected chi connectivity index (χ3v) is 6.38. The van der Waals surface area contributed by atoms with E-state index in [4.69, 9.17) is 4.74 Å². The van der Waals surface area contributed by atoms with E-state index in [-0.39, 0.29) is 17.9 Å². The zero-order valence-electron chi connectivity index (χ0n) is 16.6. The van der Waals surface area contributed by atoms with E-state index < -0.39 is 0 Å². The van der Waals surface area contributed by atoms with Gasteiger partial charge in [-0.3, -0.25) is 14.2 Å². The molecule has 0 atom stereocenters. The van der Waals surface area contributed by atoms with Gasteiger partial charge in [0.05, 0.1) is 24.9 Å². The number of aromatic nitrogens is 2. The van der Waals surface area contributed by atoms with E-state index in [1.165, 1.54) is 22.2 Å². The Hall–Kier alpha value is -2.71. The van der Waals surface area contributed by atoms with E-state index in [0.29, 0.717) is 11.9 Å². The van der Waals surface area contributed by atoms with Crippen LogP contribution < -0.4 is 15.8 Å². The van der Waals surface area contributed by atoms with Crippen LogP contribution in [-0.2, 0) is 16.1 Å². The first-order valence-corrected chi connectivity index (χ1v) is 10.5. The van der Waals surface area contributed by atoms with Crippen molar-refractivity contribution in [2.75, 3.05) is 36.5 Å². The predicted molar refractivity (Wildman–Crippen MR) is 116 cm³/mol. The fourth-order valence-corrected chi connectivity index (χ4v) is 4.44. The molecule has 0 radical (unpaired) electrons. The smallest absolute Gasteiger partial charge is 0.262 e. The van der Waals surface area contributed by atoms with Gasteiger partial charge in [-0.1, -0.05) is 0 Å². The van der Waals surface area contributed by atoms with E-state index in [1.54, 1.807) is 0 Å². The van der Waals surface area contributed by atoms with Crippen LogP contribution in [0.3, 0.4) is 0 Å². The second-order valence-corrected chi connectivity index (χ2v) is 8.35. The van der Waals surface area contributed by atoms with E-state index in [1.807, 2.05) is 38.1 Å². The Morgan fingerprint density at radius 2 is 1.93 bits per heavy atom. The van der Waals surface area contributed by atoms with E-state index in [0.717, 1.165) is 52.9 Å². The van der Waals surface area contributed by atoms with Crippen LogP contribution >= 0.6 is 11.3 Å². The number of rotatable bonds is 5. The van der Waals surface area contributed by atoms with Gasteiger partial charge in [0.1, 0.15) is 4.83 Å². The Balaban J connectivity index is 1.38. The van der Waals surface area contributed by atoms with Gasteiger partial charge in [-0.25, -0.2) is 4.98 Å². The first-order valence-electron chi connectivity index (χ1n) is 9.70. The number of hydrogen-bond donors (Lipinski definition) is 1. The van der Waals surface area contributed by atoms with Crippen LogP contribution in [0.5, 0.6) is 0 Å². The minimum absolute atomic E-state index is 0.0838. The van der Waals surface area contributed by atoms with Crippen LogP contribution in [0.2, 0.25) is 0 Å². The molecule has 0 unspecified atom stereocenters. The predicted octanol–water partition coefficient (Wildman–Crippen LogP) is 2.94. The maximum absolute atomic E-state index is 12.7. The van der Waals surface area contributed by atoms with Crippen molar-refractivity contribution < 1.29 is 9.53 Å². The van der Waals surface area contributed by atoms with Crippen molar-refractivity contribution in [2.24, 2.45) is 0 Å². The number of anilines is 2. The Bertz CT molecular complexity index is 1080. The quantitative estimate of drug-likeness (QED) is 0.697. The van der Waals surface area contributed by atoms with Crippen molar-refractivity contribution in [1.29, 1.82) is 0 Å². The lowest BCUT2D eigenvalue weighted by atomic mass is 10.2. The van der Waals surface area contributed by atoms with Crippen molar-refractivity contribution in [1.82, 2.24) is 9.55 Å². The first-order chi connectivity index (χ1) is 14.0. The maximum Gasteiger partial charge on any atom is 0.262 e. The van der Waals surface area contributed by atoms with Crippen molar-refractivity contribution in [3.05, 3.63) is 51.4 Å². The molecule has 1 N–H and O–H groups in total. The number of ether oxygens (including phenoxy) is 1. The molecule has 3 heterocycles. The van der Waals surface area contributed by atoms with E-state index in [2.05, 4.69) is 15.2 Å². The molecular weight excluding hydrogens is 388 g/mol. The number of thiophene rings is 1. The SMILES string of the molecule is Cc1sc2ncn(CCC(=O)Nc3ccc(N4CCOCC4)cc3)c(=O)c2c1C. The highest BCUT2D eigenvalue weighted by Gasteiger charge is 2.13. The molecule has 7 nitrogen and oxygen atoms in total. The molecule has 0 aliphatic carbocycles. The van der Waals surface area contributed by atoms with Gasteiger partial charge >= 0.3 is 0 Å². The molecule has 1 aliphatic rings. The van der Waals surface area contributed by atoms with E-state index in [9.17, 15) is 9.59 Å². The number of hydrogen-bond acceptors (Lipinski definition) is 6. The average molecular weight is 413 g/mol. The molecule has 1 fully saturated rings. The van der Waals surface area contributed by atoms with Crippen molar-refractivity contribution >= 4 is 38.8 Å². The summed E-state index contributed by atoms with van der Waals surface area (Å²) >= 11 is 1.52. The lowest BCUT2D eigenvalue weighted by Gasteiger charge is -2.28. The Morgan fingerprint density at radius 3 is 2.66 bits per heavy atom. The molecular formula is C21H24N4O3S. The third kappa shape index (κ3) is 4.18. The van der Waals surface area contributed by atoms with Crippen molar-refractivity contribution in [2.45, 2.75) is 26.8 Å². The van der Waals surface area contributed by atoms with Crippen LogP contribution in [0.1, 0.15) is 16.9 Å². The van der Waals surface area contributed by atoms with Crippen LogP contribution in [0, 0.1) is 13.8 Å². The molecule has 0 saturated carbocycles. The molecule has 1 aliphatic heterocycles. The normalized spacial score (nSPS) is 14.3. The highest BCUT2D eigenvalue weighted by Crippen LogP contribution is 2.25. The van der Waals surface area contributed by atoms with Gasteiger partial charge in [-0.15, -0.1) is 11.3 Å². The van der Waals surface area contributed by atoms with Gasteiger partial charge in [0.15, 0.2) is 0 Å². The molecule has 0 bridgehead atoms. The Labute approximate surface area is 172 Å². The van der Waals surface area contributed by atoms with Crippen LogP contribution in [0.4, 0.5) is 11.4 Å². The summed E-state index contributed by atoms with van der Waals surface area (Å²) < 4.78 is 6.89. The van der Waals surface area contributed by atoms with Gasteiger partial charge in [0, 0.05) is 42.3 Å². The highest BCUT2D eigenvalue weighted by molar-refractivity contribution is 7.18. The minimum atomic E-state index is -0.130. The number of aryl methyl sites for hydroxylation is 3. The lowest BCUT2D eigenvalue weighted by Crippen LogP contribution is -2.36. The average Bonchev–Trinajstić information content (AvgIpc) is 3.03. The summed E-state index contributed by atoms with van der Waals surface area (Å²) in [5.74, 6) is -0.130. The number of nitrogens with one attached hydrogen (secondary N) is 1.